The summed E-state index contributed by atoms with van der Waals surface area (Å²) in [4.78, 5) is 4.41. The predicted octanol–water partition coefficient (Wildman–Crippen LogP) is 2.74. The molecule has 3 rings (SSSR count). The maximum Gasteiger partial charge on any atom is 0.188 e. The summed E-state index contributed by atoms with van der Waals surface area (Å²) in [5, 5.41) is 4.51. The fourth-order valence-electron chi connectivity index (χ4n) is 2.76. The van der Waals surface area contributed by atoms with E-state index in [1.807, 2.05) is 0 Å². The van der Waals surface area contributed by atoms with Crippen molar-refractivity contribution in [3.8, 4) is 0 Å². The number of nitrogens with two attached hydrogens (primary N) is 1. The molecule has 0 spiro atoms. The van der Waals surface area contributed by atoms with Crippen LogP contribution < -0.4 is 11.1 Å². The van der Waals surface area contributed by atoms with Crippen molar-refractivity contribution in [2.45, 2.75) is 32.2 Å². The third-order valence-electron chi connectivity index (χ3n) is 4.31. The van der Waals surface area contributed by atoms with Crippen LogP contribution in [0, 0.1) is 5.92 Å². The average molecular weight is 284 g/mol. The summed E-state index contributed by atoms with van der Waals surface area (Å²) in [7, 11) is 0. The molecule has 21 heavy (non-hydrogen) atoms. The second kappa shape index (κ2) is 6.66. The Balaban J connectivity index is 1.41. The molecule has 4 nitrogen and oxygen atoms in total. The fraction of sp³-hybridized carbons (Fsp3) is 0.471. The van der Waals surface area contributed by atoms with Crippen LogP contribution in [0.1, 0.15) is 25.7 Å². The number of fused-ring (bicyclic) bond motifs is 1. The van der Waals surface area contributed by atoms with Crippen molar-refractivity contribution in [2.75, 3.05) is 13.1 Å². The number of benzene rings is 1. The SMILES string of the molecule is NC(=NCC1CCC1)NCCCn1ccc2ccccc21. The van der Waals surface area contributed by atoms with E-state index in [2.05, 4.69) is 51.4 Å². The van der Waals surface area contributed by atoms with Crippen LogP contribution in [-0.2, 0) is 6.54 Å². The number of aryl methyl sites for hydroxylation is 1. The molecule has 1 saturated carbocycles. The number of aromatic nitrogens is 1. The zero-order valence-corrected chi connectivity index (χ0v) is 12.5. The van der Waals surface area contributed by atoms with Crippen LogP contribution in [-0.4, -0.2) is 23.6 Å². The zero-order valence-electron chi connectivity index (χ0n) is 12.5. The summed E-state index contributed by atoms with van der Waals surface area (Å²) in [6, 6.07) is 10.6. The van der Waals surface area contributed by atoms with Crippen molar-refractivity contribution < 1.29 is 0 Å². The Morgan fingerprint density at radius 2 is 2.14 bits per heavy atom. The van der Waals surface area contributed by atoms with Crippen LogP contribution in [0.4, 0.5) is 0 Å². The van der Waals surface area contributed by atoms with Gasteiger partial charge >= 0.3 is 0 Å². The van der Waals surface area contributed by atoms with E-state index in [1.165, 1.54) is 30.2 Å². The van der Waals surface area contributed by atoms with Crippen LogP contribution in [0.25, 0.3) is 10.9 Å². The number of guanidine groups is 1. The molecule has 1 heterocycles. The largest absolute Gasteiger partial charge is 0.370 e. The molecular formula is C17H24N4. The number of rotatable bonds is 6. The lowest BCUT2D eigenvalue weighted by molar-refractivity contribution is 0.326. The van der Waals surface area contributed by atoms with Crippen molar-refractivity contribution in [1.29, 1.82) is 0 Å². The first-order chi connectivity index (χ1) is 10.3. The first-order valence-corrected chi connectivity index (χ1v) is 7.90. The van der Waals surface area contributed by atoms with Gasteiger partial charge in [0.1, 0.15) is 0 Å². The minimum atomic E-state index is 0.597. The highest BCUT2D eigenvalue weighted by Gasteiger charge is 2.16. The molecule has 2 aromatic rings. The molecule has 112 valence electrons. The molecule has 1 aromatic carbocycles. The molecule has 4 heteroatoms. The average Bonchev–Trinajstić information content (AvgIpc) is 2.85. The van der Waals surface area contributed by atoms with Gasteiger partial charge < -0.3 is 15.6 Å². The maximum atomic E-state index is 5.88. The highest BCUT2D eigenvalue weighted by molar-refractivity contribution is 5.80. The molecule has 0 atom stereocenters. The van der Waals surface area contributed by atoms with E-state index in [1.54, 1.807) is 0 Å². The van der Waals surface area contributed by atoms with Crippen molar-refractivity contribution in [1.82, 2.24) is 9.88 Å². The molecule has 3 N–H and O–H groups in total. The molecule has 0 radical (unpaired) electrons. The normalized spacial score (nSPS) is 16.1. The lowest BCUT2D eigenvalue weighted by Crippen LogP contribution is -2.33. The van der Waals surface area contributed by atoms with E-state index in [4.69, 9.17) is 5.73 Å². The van der Waals surface area contributed by atoms with Crippen LogP contribution >= 0.6 is 0 Å². The Morgan fingerprint density at radius 3 is 2.95 bits per heavy atom. The number of nitrogens with zero attached hydrogens (tertiary/aromatic N) is 2. The molecule has 1 aromatic heterocycles. The lowest BCUT2D eigenvalue weighted by Gasteiger charge is -2.23. The molecular weight excluding hydrogens is 260 g/mol. The van der Waals surface area contributed by atoms with Gasteiger partial charge in [-0.25, -0.2) is 0 Å². The third-order valence-corrected chi connectivity index (χ3v) is 4.31. The van der Waals surface area contributed by atoms with E-state index >= 15 is 0 Å². The fourth-order valence-corrected chi connectivity index (χ4v) is 2.76. The number of hydrogen-bond acceptors (Lipinski definition) is 1. The highest BCUT2D eigenvalue weighted by atomic mass is 15.1. The Kier molecular flexibility index (Phi) is 4.43. The van der Waals surface area contributed by atoms with E-state index in [0.29, 0.717) is 5.96 Å². The zero-order chi connectivity index (χ0) is 14.5. The van der Waals surface area contributed by atoms with Gasteiger partial charge in [0.15, 0.2) is 5.96 Å². The summed E-state index contributed by atoms with van der Waals surface area (Å²) >= 11 is 0. The summed E-state index contributed by atoms with van der Waals surface area (Å²) in [5.74, 6) is 1.37. The first-order valence-electron chi connectivity index (χ1n) is 7.90. The van der Waals surface area contributed by atoms with Gasteiger partial charge in [0.05, 0.1) is 0 Å². The second-order valence-corrected chi connectivity index (χ2v) is 5.87. The Hall–Kier alpha value is -1.97. The van der Waals surface area contributed by atoms with Gasteiger partial charge in [-0.1, -0.05) is 24.6 Å². The Labute approximate surface area is 126 Å². The molecule has 0 unspecified atom stereocenters. The van der Waals surface area contributed by atoms with Crippen molar-refractivity contribution in [3.63, 3.8) is 0 Å². The molecule has 1 fully saturated rings. The monoisotopic (exact) mass is 284 g/mol. The minimum absolute atomic E-state index is 0.597. The maximum absolute atomic E-state index is 5.88. The summed E-state index contributed by atoms with van der Waals surface area (Å²) < 4.78 is 2.29. The van der Waals surface area contributed by atoms with Gasteiger partial charge in [-0.15, -0.1) is 0 Å². The molecule has 0 saturated heterocycles. The van der Waals surface area contributed by atoms with E-state index in [-0.39, 0.29) is 0 Å². The third kappa shape index (κ3) is 3.57. The number of nitrogens with one attached hydrogen (secondary N) is 1. The number of hydrogen-bond donors (Lipinski definition) is 2. The van der Waals surface area contributed by atoms with E-state index < -0.39 is 0 Å². The predicted molar refractivity (Wildman–Crippen MR) is 88.4 cm³/mol. The van der Waals surface area contributed by atoms with Gasteiger partial charge in [0.2, 0.25) is 0 Å². The van der Waals surface area contributed by atoms with Crippen molar-refractivity contribution in [3.05, 3.63) is 36.5 Å². The van der Waals surface area contributed by atoms with Crippen LogP contribution in [0.15, 0.2) is 41.5 Å². The Morgan fingerprint density at radius 1 is 1.29 bits per heavy atom. The Bertz CT molecular complexity index is 610. The standard InChI is InChI=1S/C17H24N4/c18-17(20-13-14-5-3-6-14)19-10-4-11-21-12-9-15-7-1-2-8-16(15)21/h1-2,7-9,12,14H,3-6,10-11,13H2,(H3,18,19,20). The van der Waals surface area contributed by atoms with Crippen LogP contribution in [0.2, 0.25) is 0 Å². The number of aliphatic imine (C=N–C) groups is 1. The quantitative estimate of drug-likeness (QED) is 0.487. The van der Waals surface area contributed by atoms with Gasteiger partial charge in [0, 0.05) is 31.3 Å². The van der Waals surface area contributed by atoms with Gasteiger partial charge in [-0.2, -0.15) is 0 Å². The van der Waals surface area contributed by atoms with E-state index in [0.717, 1.165) is 32.0 Å². The van der Waals surface area contributed by atoms with Gasteiger partial charge in [0.25, 0.3) is 0 Å². The summed E-state index contributed by atoms with van der Waals surface area (Å²) in [6.07, 6.45) is 7.18. The van der Waals surface area contributed by atoms with E-state index in [9.17, 15) is 0 Å². The molecule has 0 aliphatic heterocycles. The van der Waals surface area contributed by atoms with Crippen LogP contribution in [0.3, 0.4) is 0 Å². The first kappa shape index (κ1) is 14.0. The highest BCUT2D eigenvalue weighted by Crippen LogP contribution is 2.26. The molecule has 0 bridgehead atoms. The molecule has 1 aliphatic rings. The summed E-state index contributed by atoms with van der Waals surface area (Å²) in [6.45, 7) is 2.75. The smallest absolute Gasteiger partial charge is 0.188 e. The minimum Gasteiger partial charge on any atom is -0.370 e. The summed E-state index contributed by atoms with van der Waals surface area (Å²) in [5.41, 5.74) is 7.18. The van der Waals surface area contributed by atoms with Crippen molar-refractivity contribution in [2.24, 2.45) is 16.6 Å². The number of para-hydroxylation sites is 1. The lowest BCUT2D eigenvalue weighted by atomic mass is 9.86. The van der Waals surface area contributed by atoms with Gasteiger partial charge in [-0.3, -0.25) is 4.99 Å². The topological polar surface area (TPSA) is 55.3 Å². The molecule has 1 aliphatic carbocycles. The second-order valence-electron chi connectivity index (χ2n) is 5.87. The van der Waals surface area contributed by atoms with Crippen LogP contribution in [0.5, 0.6) is 0 Å². The van der Waals surface area contributed by atoms with Crippen molar-refractivity contribution >= 4 is 16.9 Å². The van der Waals surface area contributed by atoms with Gasteiger partial charge in [-0.05, 0) is 42.7 Å². The molecule has 0 amide bonds.